The Morgan fingerprint density at radius 1 is 1.35 bits per heavy atom. The van der Waals surface area contributed by atoms with Crippen molar-refractivity contribution in [2.24, 2.45) is 0 Å². The lowest BCUT2D eigenvalue weighted by atomic mass is 10.2. The van der Waals surface area contributed by atoms with Crippen molar-refractivity contribution in [1.29, 1.82) is 0 Å². The molecule has 2 aromatic rings. The molecule has 0 aliphatic heterocycles. The maximum Gasteiger partial charge on any atom is 0.331 e. The van der Waals surface area contributed by atoms with Gasteiger partial charge in [0.15, 0.2) is 6.04 Å². The zero-order valence-corrected chi connectivity index (χ0v) is 11.7. The molecule has 106 valence electrons. The van der Waals surface area contributed by atoms with Gasteiger partial charge in [0.2, 0.25) is 17.7 Å². The third-order valence-corrected chi connectivity index (χ3v) is 3.38. The Labute approximate surface area is 119 Å². The smallest absolute Gasteiger partial charge is 0.331 e. The molecule has 7 nitrogen and oxygen atoms in total. The van der Waals surface area contributed by atoms with Crippen LogP contribution in [0, 0.1) is 0 Å². The summed E-state index contributed by atoms with van der Waals surface area (Å²) < 4.78 is 10.0. The first-order chi connectivity index (χ1) is 9.63. The van der Waals surface area contributed by atoms with Gasteiger partial charge in [0.05, 0.1) is 20.3 Å². The highest BCUT2D eigenvalue weighted by atomic mass is 32.1. The average Bonchev–Trinajstić information content (AvgIpc) is 2.97. The molecule has 0 fully saturated rings. The van der Waals surface area contributed by atoms with E-state index in [4.69, 9.17) is 9.47 Å². The molecule has 2 heterocycles. The van der Waals surface area contributed by atoms with Crippen LogP contribution in [0.1, 0.15) is 10.9 Å². The molecule has 0 aliphatic carbocycles. The topological polar surface area (TPSA) is 93.6 Å². The standard InChI is InChI=1S/C12H13N3O4S/c1-18-8-6-9(19-2)14-12(13-8)15-10(11(16)17)7-4-3-5-20-7/h3-6,10H,1-2H3,(H,16,17)(H,13,14,15). The molecule has 1 unspecified atom stereocenters. The number of rotatable bonds is 6. The molecular formula is C12H13N3O4S. The fraction of sp³-hybridized carbons (Fsp3) is 0.250. The zero-order chi connectivity index (χ0) is 14.5. The number of nitrogens with one attached hydrogen (secondary N) is 1. The first-order valence-electron chi connectivity index (χ1n) is 5.64. The lowest BCUT2D eigenvalue weighted by Gasteiger charge is -2.14. The molecule has 20 heavy (non-hydrogen) atoms. The largest absolute Gasteiger partial charge is 0.481 e. The fourth-order valence-corrected chi connectivity index (χ4v) is 2.28. The number of thiophene rings is 1. The minimum absolute atomic E-state index is 0.127. The van der Waals surface area contributed by atoms with Crippen molar-refractivity contribution < 1.29 is 19.4 Å². The third kappa shape index (κ3) is 3.15. The van der Waals surface area contributed by atoms with E-state index < -0.39 is 12.0 Å². The predicted molar refractivity (Wildman–Crippen MR) is 73.5 cm³/mol. The quantitative estimate of drug-likeness (QED) is 0.839. The van der Waals surface area contributed by atoms with E-state index >= 15 is 0 Å². The van der Waals surface area contributed by atoms with E-state index in [2.05, 4.69) is 15.3 Å². The van der Waals surface area contributed by atoms with E-state index in [1.165, 1.54) is 31.6 Å². The molecule has 0 spiro atoms. The summed E-state index contributed by atoms with van der Waals surface area (Å²) in [6.07, 6.45) is 0. The van der Waals surface area contributed by atoms with Crippen molar-refractivity contribution in [3.63, 3.8) is 0 Å². The lowest BCUT2D eigenvalue weighted by Crippen LogP contribution is -2.21. The van der Waals surface area contributed by atoms with Crippen LogP contribution in [0.15, 0.2) is 23.6 Å². The van der Waals surface area contributed by atoms with Crippen LogP contribution in [-0.2, 0) is 4.79 Å². The summed E-state index contributed by atoms with van der Waals surface area (Å²) >= 11 is 1.34. The number of methoxy groups -OCH3 is 2. The van der Waals surface area contributed by atoms with Gasteiger partial charge < -0.3 is 19.9 Å². The molecular weight excluding hydrogens is 282 g/mol. The Balaban J connectivity index is 2.29. The number of carbonyl (C=O) groups is 1. The first kappa shape index (κ1) is 14.1. The molecule has 0 radical (unpaired) electrons. The SMILES string of the molecule is COc1cc(OC)nc(NC(C(=O)O)c2cccs2)n1. The highest BCUT2D eigenvalue weighted by molar-refractivity contribution is 7.10. The molecule has 8 heteroatoms. The molecule has 1 atom stereocenters. The van der Waals surface area contributed by atoms with Crippen molar-refractivity contribution in [3.8, 4) is 11.8 Å². The van der Waals surface area contributed by atoms with Crippen LogP contribution in [-0.4, -0.2) is 35.3 Å². The number of carboxylic acid groups (broad SMARTS) is 1. The monoisotopic (exact) mass is 295 g/mol. The molecule has 0 saturated carbocycles. The number of aromatic nitrogens is 2. The van der Waals surface area contributed by atoms with Gasteiger partial charge in [0, 0.05) is 4.88 Å². The third-order valence-electron chi connectivity index (χ3n) is 2.45. The van der Waals surface area contributed by atoms with Crippen LogP contribution in [0.3, 0.4) is 0 Å². The van der Waals surface area contributed by atoms with Crippen molar-refractivity contribution in [3.05, 3.63) is 28.5 Å². The van der Waals surface area contributed by atoms with E-state index in [9.17, 15) is 9.90 Å². The van der Waals surface area contributed by atoms with Gasteiger partial charge in [-0.3, -0.25) is 0 Å². The highest BCUT2D eigenvalue weighted by Crippen LogP contribution is 2.24. The molecule has 2 aromatic heterocycles. The van der Waals surface area contributed by atoms with E-state index in [-0.39, 0.29) is 17.7 Å². The molecule has 0 aromatic carbocycles. The second kappa shape index (κ2) is 6.20. The van der Waals surface area contributed by atoms with Gasteiger partial charge in [-0.25, -0.2) is 4.79 Å². The summed E-state index contributed by atoms with van der Waals surface area (Å²) in [7, 11) is 2.92. The molecule has 2 rings (SSSR count). The van der Waals surface area contributed by atoms with Gasteiger partial charge in [-0.2, -0.15) is 9.97 Å². The van der Waals surface area contributed by atoms with Crippen LogP contribution in [0.4, 0.5) is 5.95 Å². The van der Waals surface area contributed by atoms with Crippen molar-refractivity contribution >= 4 is 23.3 Å². The van der Waals surface area contributed by atoms with Crippen molar-refractivity contribution in [2.45, 2.75) is 6.04 Å². The van der Waals surface area contributed by atoms with E-state index in [1.54, 1.807) is 17.5 Å². The van der Waals surface area contributed by atoms with Crippen LogP contribution in [0.2, 0.25) is 0 Å². The summed E-state index contributed by atoms with van der Waals surface area (Å²) in [5, 5.41) is 13.8. The molecule has 0 aliphatic rings. The summed E-state index contributed by atoms with van der Waals surface area (Å²) in [6.45, 7) is 0. The normalized spacial score (nSPS) is 11.7. The number of carboxylic acids is 1. The average molecular weight is 295 g/mol. The maximum atomic E-state index is 11.3. The minimum atomic E-state index is -1.02. The maximum absolute atomic E-state index is 11.3. The lowest BCUT2D eigenvalue weighted by molar-refractivity contribution is -0.138. The number of hydrogen-bond acceptors (Lipinski definition) is 7. The van der Waals surface area contributed by atoms with Crippen molar-refractivity contribution in [2.75, 3.05) is 19.5 Å². The second-order valence-electron chi connectivity index (χ2n) is 3.71. The Bertz CT molecular complexity index is 566. The Morgan fingerprint density at radius 3 is 2.45 bits per heavy atom. The van der Waals surface area contributed by atoms with Gasteiger partial charge in [-0.05, 0) is 11.4 Å². The van der Waals surface area contributed by atoms with Gasteiger partial charge in [-0.15, -0.1) is 11.3 Å². The van der Waals surface area contributed by atoms with Crippen molar-refractivity contribution in [1.82, 2.24) is 9.97 Å². The van der Waals surface area contributed by atoms with Gasteiger partial charge >= 0.3 is 5.97 Å². The predicted octanol–water partition coefficient (Wildman–Crippen LogP) is 1.79. The van der Waals surface area contributed by atoms with Crippen LogP contribution in [0.25, 0.3) is 0 Å². The van der Waals surface area contributed by atoms with Gasteiger partial charge in [0.1, 0.15) is 0 Å². The summed E-state index contributed by atoms with van der Waals surface area (Å²) in [6, 6.07) is 4.09. The number of hydrogen-bond donors (Lipinski definition) is 2. The highest BCUT2D eigenvalue weighted by Gasteiger charge is 2.22. The Morgan fingerprint density at radius 2 is 2.00 bits per heavy atom. The number of nitrogens with zero attached hydrogens (tertiary/aromatic N) is 2. The molecule has 0 amide bonds. The van der Waals surface area contributed by atoms with E-state index in [0.717, 1.165) is 0 Å². The zero-order valence-electron chi connectivity index (χ0n) is 10.9. The Kier molecular flexibility index (Phi) is 4.36. The Hall–Kier alpha value is -2.35. The first-order valence-corrected chi connectivity index (χ1v) is 6.52. The molecule has 2 N–H and O–H groups in total. The summed E-state index contributed by atoms with van der Waals surface area (Å²) in [5.41, 5.74) is 0. The van der Waals surface area contributed by atoms with E-state index in [0.29, 0.717) is 4.88 Å². The van der Waals surface area contributed by atoms with Crippen LogP contribution >= 0.6 is 11.3 Å². The number of anilines is 1. The minimum Gasteiger partial charge on any atom is -0.481 e. The molecule has 0 bridgehead atoms. The van der Waals surface area contributed by atoms with Gasteiger partial charge in [0.25, 0.3) is 0 Å². The summed E-state index contributed by atoms with van der Waals surface area (Å²) in [4.78, 5) is 20.1. The molecule has 0 saturated heterocycles. The summed E-state index contributed by atoms with van der Waals surface area (Å²) in [5.74, 6) is -0.316. The second-order valence-corrected chi connectivity index (χ2v) is 4.69. The van der Waals surface area contributed by atoms with E-state index in [1.807, 2.05) is 0 Å². The number of aliphatic carboxylic acids is 1. The van der Waals surface area contributed by atoms with Gasteiger partial charge in [-0.1, -0.05) is 6.07 Å². The fourth-order valence-electron chi connectivity index (χ4n) is 1.52. The number of ether oxygens (including phenoxy) is 2. The van der Waals surface area contributed by atoms with Crippen LogP contribution < -0.4 is 14.8 Å². The van der Waals surface area contributed by atoms with Crippen LogP contribution in [0.5, 0.6) is 11.8 Å².